The molecule has 0 aliphatic heterocycles. The van der Waals surface area contributed by atoms with E-state index in [1.807, 2.05) is 0 Å². The maximum atomic E-state index is 12.6. The maximum Gasteiger partial charge on any atom is 0.271 e. The Morgan fingerprint density at radius 2 is 1.68 bits per heavy atom. The zero-order valence-corrected chi connectivity index (χ0v) is 19.3. The lowest BCUT2D eigenvalue weighted by atomic mass is 10.2. The Labute approximate surface area is 193 Å². The van der Waals surface area contributed by atoms with Gasteiger partial charge in [-0.2, -0.15) is 0 Å². The molecule has 2 aromatic carbocycles. The van der Waals surface area contributed by atoms with Crippen LogP contribution in [0.5, 0.6) is 0 Å². The number of benzene rings is 2. The standard InChI is InChI=1S/C20H17Cl2N3O4S2/c1-25(12-18(26)23-15-8-9-16(21)17(22)11-15)20(27)13-4-6-14(7-5-13)24-31(28,29)19-3-2-10-30-19/h2-11,24H,12H2,1H3,(H,23,26). The van der Waals surface area contributed by atoms with Gasteiger partial charge in [-0.15, -0.1) is 11.3 Å². The Balaban J connectivity index is 1.60. The molecule has 11 heteroatoms. The minimum Gasteiger partial charge on any atom is -0.332 e. The summed E-state index contributed by atoms with van der Waals surface area (Å²) >= 11 is 12.9. The van der Waals surface area contributed by atoms with Crippen molar-refractivity contribution in [3.05, 3.63) is 75.6 Å². The molecule has 2 N–H and O–H groups in total. The largest absolute Gasteiger partial charge is 0.332 e. The Morgan fingerprint density at radius 3 is 2.29 bits per heavy atom. The van der Waals surface area contributed by atoms with Crippen LogP contribution in [0.15, 0.2) is 64.2 Å². The number of anilines is 2. The number of sulfonamides is 1. The highest BCUT2D eigenvalue weighted by Crippen LogP contribution is 2.25. The third-order valence-electron chi connectivity index (χ3n) is 4.07. The molecule has 0 aliphatic carbocycles. The average Bonchev–Trinajstić information content (AvgIpc) is 3.26. The first kappa shape index (κ1) is 23.1. The van der Waals surface area contributed by atoms with E-state index in [1.54, 1.807) is 23.6 Å². The lowest BCUT2D eigenvalue weighted by Crippen LogP contribution is -2.34. The fraction of sp³-hybridized carbons (Fsp3) is 0.100. The lowest BCUT2D eigenvalue weighted by molar-refractivity contribution is -0.116. The SMILES string of the molecule is CN(CC(=O)Nc1ccc(Cl)c(Cl)c1)C(=O)c1ccc(NS(=O)(=O)c2cccs2)cc1. The van der Waals surface area contributed by atoms with Crippen LogP contribution in [0.4, 0.5) is 11.4 Å². The van der Waals surface area contributed by atoms with Gasteiger partial charge in [0.25, 0.3) is 15.9 Å². The molecule has 0 bridgehead atoms. The van der Waals surface area contributed by atoms with E-state index in [4.69, 9.17) is 23.2 Å². The van der Waals surface area contributed by atoms with E-state index in [2.05, 4.69) is 10.0 Å². The molecule has 2 amide bonds. The minimum atomic E-state index is -3.67. The van der Waals surface area contributed by atoms with Crippen LogP contribution in [0, 0.1) is 0 Å². The van der Waals surface area contributed by atoms with Gasteiger partial charge in [0, 0.05) is 24.0 Å². The van der Waals surface area contributed by atoms with Crippen LogP contribution < -0.4 is 10.0 Å². The van der Waals surface area contributed by atoms with Crippen molar-refractivity contribution in [3.63, 3.8) is 0 Å². The topological polar surface area (TPSA) is 95.6 Å². The van der Waals surface area contributed by atoms with Crippen LogP contribution in [0.1, 0.15) is 10.4 Å². The van der Waals surface area contributed by atoms with Crippen molar-refractivity contribution in [2.45, 2.75) is 4.21 Å². The fourth-order valence-corrected chi connectivity index (χ4v) is 4.93. The van der Waals surface area contributed by atoms with Gasteiger partial charge in [0.1, 0.15) is 4.21 Å². The van der Waals surface area contributed by atoms with Crippen molar-refractivity contribution in [3.8, 4) is 0 Å². The average molecular weight is 498 g/mol. The van der Waals surface area contributed by atoms with Gasteiger partial charge in [-0.3, -0.25) is 14.3 Å². The van der Waals surface area contributed by atoms with Crippen molar-refractivity contribution in [2.24, 2.45) is 0 Å². The Kier molecular flexibility index (Phi) is 7.22. The Morgan fingerprint density at radius 1 is 1.00 bits per heavy atom. The number of carbonyl (C=O) groups excluding carboxylic acids is 2. The molecule has 0 atom stereocenters. The quantitative estimate of drug-likeness (QED) is 0.499. The van der Waals surface area contributed by atoms with Gasteiger partial charge in [-0.1, -0.05) is 29.3 Å². The summed E-state index contributed by atoms with van der Waals surface area (Å²) in [5, 5.41) is 4.99. The summed E-state index contributed by atoms with van der Waals surface area (Å²) in [6.07, 6.45) is 0. The van der Waals surface area contributed by atoms with Crippen LogP contribution >= 0.6 is 34.5 Å². The number of carbonyl (C=O) groups is 2. The van der Waals surface area contributed by atoms with Crippen LogP contribution in [0.2, 0.25) is 10.0 Å². The number of rotatable bonds is 7. The Hall–Kier alpha value is -2.59. The number of likely N-dealkylation sites (N-methyl/N-ethyl adjacent to an activating group) is 1. The molecule has 0 saturated carbocycles. The summed E-state index contributed by atoms with van der Waals surface area (Å²) < 4.78 is 27.2. The van der Waals surface area contributed by atoms with Gasteiger partial charge >= 0.3 is 0 Å². The molecule has 0 spiro atoms. The summed E-state index contributed by atoms with van der Waals surface area (Å²) in [5.41, 5.74) is 1.09. The van der Waals surface area contributed by atoms with Gasteiger partial charge in [0.15, 0.2) is 0 Å². The molecule has 162 valence electrons. The first-order chi connectivity index (χ1) is 14.7. The second kappa shape index (κ2) is 9.69. The number of nitrogens with zero attached hydrogens (tertiary/aromatic N) is 1. The van der Waals surface area contributed by atoms with Gasteiger partial charge in [0.05, 0.1) is 16.6 Å². The van der Waals surface area contributed by atoms with Gasteiger partial charge in [0.2, 0.25) is 5.91 Å². The Bertz CT molecular complexity index is 1200. The number of nitrogens with one attached hydrogen (secondary N) is 2. The van der Waals surface area contributed by atoms with Crippen LogP contribution in [0.3, 0.4) is 0 Å². The number of amides is 2. The molecule has 1 heterocycles. The molecule has 7 nitrogen and oxygen atoms in total. The normalized spacial score (nSPS) is 11.1. The fourth-order valence-electron chi connectivity index (χ4n) is 2.58. The highest BCUT2D eigenvalue weighted by atomic mass is 35.5. The second-order valence-corrected chi connectivity index (χ2v) is 10.1. The van der Waals surface area contributed by atoms with E-state index in [-0.39, 0.29) is 10.8 Å². The number of thiophene rings is 1. The summed E-state index contributed by atoms with van der Waals surface area (Å²) in [4.78, 5) is 26.1. The summed E-state index contributed by atoms with van der Waals surface area (Å²) in [5.74, 6) is -0.800. The third-order valence-corrected chi connectivity index (χ3v) is 7.59. The van der Waals surface area contributed by atoms with Crippen LogP contribution in [0.25, 0.3) is 0 Å². The van der Waals surface area contributed by atoms with Crippen molar-refractivity contribution >= 4 is 67.8 Å². The van der Waals surface area contributed by atoms with Crippen molar-refractivity contribution in [2.75, 3.05) is 23.6 Å². The molecule has 0 radical (unpaired) electrons. The van der Waals surface area contributed by atoms with E-state index in [9.17, 15) is 18.0 Å². The van der Waals surface area contributed by atoms with Crippen LogP contribution in [-0.4, -0.2) is 38.7 Å². The molecule has 3 rings (SSSR count). The number of halogens is 2. The molecule has 1 aromatic heterocycles. The smallest absolute Gasteiger partial charge is 0.271 e. The maximum absolute atomic E-state index is 12.6. The molecule has 0 aliphatic rings. The summed E-state index contributed by atoms with van der Waals surface area (Å²) in [6.45, 7) is -0.189. The highest BCUT2D eigenvalue weighted by Gasteiger charge is 2.17. The van der Waals surface area contributed by atoms with E-state index in [1.165, 1.54) is 48.3 Å². The summed E-state index contributed by atoms with van der Waals surface area (Å²) in [6, 6.07) is 13.8. The van der Waals surface area contributed by atoms with Crippen molar-refractivity contribution < 1.29 is 18.0 Å². The molecular formula is C20H17Cl2N3O4S2. The van der Waals surface area contributed by atoms with Crippen molar-refractivity contribution in [1.29, 1.82) is 0 Å². The predicted molar refractivity (Wildman–Crippen MR) is 124 cm³/mol. The second-order valence-electron chi connectivity index (χ2n) is 6.45. The zero-order chi connectivity index (χ0) is 22.6. The first-order valence-corrected chi connectivity index (χ1v) is 11.9. The lowest BCUT2D eigenvalue weighted by Gasteiger charge is -2.17. The predicted octanol–water partition coefficient (Wildman–Crippen LogP) is 4.57. The molecule has 0 fully saturated rings. The van der Waals surface area contributed by atoms with Crippen molar-refractivity contribution in [1.82, 2.24) is 4.90 Å². The first-order valence-electron chi connectivity index (χ1n) is 8.82. The zero-order valence-electron chi connectivity index (χ0n) is 16.1. The highest BCUT2D eigenvalue weighted by molar-refractivity contribution is 7.94. The molecule has 3 aromatic rings. The van der Waals surface area contributed by atoms with Gasteiger partial charge in [-0.05, 0) is 53.9 Å². The van der Waals surface area contributed by atoms with E-state index in [0.29, 0.717) is 27.0 Å². The third kappa shape index (κ3) is 5.98. The monoisotopic (exact) mass is 497 g/mol. The van der Waals surface area contributed by atoms with E-state index in [0.717, 1.165) is 11.3 Å². The number of hydrogen-bond acceptors (Lipinski definition) is 5. The number of hydrogen-bond donors (Lipinski definition) is 2. The minimum absolute atomic E-state index is 0.189. The van der Waals surface area contributed by atoms with Gasteiger partial charge in [-0.25, -0.2) is 8.42 Å². The van der Waals surface area contributed by atoms with Gasteiger partial charge < -0.3 is 10.2 Å². The molecule has 0 saturated heterocycles. The summed E-state index contributed by atoms with van der Waals surface area (Å²) in [7, 11) is -2.18. The molecule has 0 unspecified atom stereocenters. The molecule has 31 heavy (non-hydrogen) atoms. The molecular weight excluding hydrogens is 481 g/mol. The van der Waals surface area contributed by atoms with E-state index < -0.39 is 21.8 Å². The van der Waals surface area contributed by atoms with E-state index >= 15 is 0 Å². The van der Waals surface area contributed by atoms with Crippen LogP contribution in [-0.2, 0) is 14.8 Å².